The van der Waals surface area contributed by atoms with Gasteiger partial charge in [-0.2, -0.15) is 0 Å². The average molecular weight is 268 g/mol. The Bertz CT molecular complexity index is 355. The maximum Gasteiger partial charge on any atom is 0.240 e. The molecule has 0 saturated carbocycles. The summed E-state index contributed by atoms with van der Waals surface area (Å²) < 4.78 is 22.6. The van der Waals surface area contributed by atoms with Gasteiger partial charge >= 0.3 is 0 Å². The maximum atomic E-state index is 11.9. The summed E-state index contributed by atoms with van der Waals surface area (Å²) in [7, 11) is -3.30. The Morgan fingerprint density at radius 1 is 1.56 bits per heavy atom. The van der Waals surface area contributed by atoms with E-state index in [0.717, 1.165) is 19.1 Å². The molecule has 1 saturated heterocycles. The second-order valence-electron chi connectivity index (χ2n) is 4.42. The van der Waals surface area contributed by atoms with Crippen LogP contribution in [-0.2, 0) is 14.6 Å². The van der Waals surface area contributed by atoms with Gasteiger partial charge in [0.05, 0.1) is 0 Å². The van der Waals surface area contributed by atoms with Crippen molar-refractivity contribution in [1.29, 1.82) is 0 Å². The summed E-state index contributed by atoms with van der Waals surface area (Å²) in [6.45, 7) is 2.68. The predicted octanol–water partition coefficient (Wildman–Crippen LogP) is 0.897. The van der Waals surface area contributed by atoms with Crippen molar-refractivity contribution in [3.63, 3.8) is 0 Å². The second kappa shape index (κ2) is 5.36. The molecule has 0 aliphatic carbocycles. The number of piperidine rings is 1. The molecule has 1 rings (SSSR count). The van der Waals surface area contributed by atoms with Crippen LogP contribution in [0.25, 0.3) is 0 Å². The van der Waals surface area contributed by atoms with Crippen molar-refractivity contribution >= 4 is 27.3 Å². The molecule has 2 atom stereocenters. The monoisotopic (exact) mass is 267 g/mol. The van der Waals surface area contributed by atoms with Crippen molar-refractivity contribution in [2.45, 2.75) is 25.0 Å². The first-order valence-electron chi connectivity index (χ1n) is 5.40. The third kappa shape index (κ3) is 3.35. The molecule has 1 aliphatic heterocycles. The Hall–Kier alpha value is -0.290. The summed E-state index contributed by atoms with van der Waals surface area (Å²) in [5.74, 6) is 0.528. The van der Waals surface area contributed by atoms with Gasteiger partial charge < -0.3 is 4.90 Å². The number of amides is 1. The first kappa shape index (κ1) is 13.8. The number of carbonyl (C=O) groups is 1. The van der Waals surface area contributed by atoms with Crippen molar-refractivity contribution < 1.29 is 13.2 Å². The smallest absolute Gasteiger partial charge is 0.240 e. The van der Waals surface area contributed by atoms with Crippen LogP contribution in [-0.4, -0.2) is 49.7 Å². The summed E-state index contributed by atoms with van der Waals surface area (Å²) in [4.78, 5) is 13.5. The summed E-state index contributed by atoms with van der Waals surface area (Å²) in [6, 6.07) is 0. The van der Waals surface area contributed by atoms with Crippen LogP contribution in [0.4, 0.5) is 0 Å². The van der Waals surface area contributed by atoms with Crippen molar-refractivity contribution in [2.24, 2.45) is 5.92 Å². The molecule has 0 aromatic heterocycles. The Kier molecular flexibility index (Phi) is 4.62. The fraction of sp³-hybridized carbons (Fsp3) is 0.900. The van der Waals surface area contributed by atoms with E-state index >= 15 is 0 Å². The summed E-state index contributed by atoms with van der Waals surface area (Å²) in [5.41, 5.74) is 0. The summed E-state index contributed by atoms with van der Waals surface area (Å²) >= 11 is 5.76. The van der Waals surface area contributed by atoms with Gasteiger partial charge in [-0.25, -0.2) is 8.42 Å². The standard InChI is InChI=1S/C10H18ClNO3S/c1-8(16(2,14)15)10(13)12-5-3-4-9(6-11)7-12/h8-9H,3-7H2,1-2H3. The maximum absolute atomic E-state index is 11.9. The van der Waals surface area contributed by atoms with Crippen LogP contribution in [0.5, 0.6) is 0 Å². The van der Waals surface area contributed by atoms with E-state index in [9.17, 15) is 13.2 Å². The van der Waals surface area contributed by atoms with Crippen molar-refractivity contribution in [2.75, 3.05) is 25.2 Å². The number of hydrogen-bond donors (Lipinski definition) is 0. The highest BCUT2D eigenvalue weighted by Crippen LogP contribution is 2.19. The molecule has 0 N–H and O–H groups in total. The minimum Gasteiger partial charge on any atom is -0.341 e. The van der Waals surface area contributed by atoms with E-state index in [0.29, 0.717) is 24.9 Å². The predicted molar refractivity (Wildman–Crippen MR) is 64.3 cm³/mol. The third-order valence-corrected chi connectivity index (χ3v) is 4.96. The molecule has 4 nitrogen and oxygen atoms in total. The van der Waals surface area contributed by atoms with E-state index in [1.165, 1.54) is 6.92 Å². The molecule has 1 amide bonds. The molecule has 1 heterocycles. The van der Waals surface area contributed by atoms with Gasteiger partial charge in [0, 0.05) is 25.2 Å². The lowest BCUT2D eigenvalue weighted by atomic mass is 10.00. The highest BCUT2D eigenvalue weighted by Gasteiger charge is 2.31. The molecule has 1 aliphatic rings. The van der Waals surface area contributed by atoms with Gasteiger partial charge in [0.1, 0.15) is 5.25 Å². The fourth-order valence-corrected chi connectivity index (χ4v) is 2.60. The average Bonchev–Trinajstić information content (AvgIpc) is 2.26. The molecule has 1 fully saturated rings. The van der Waals surface area contributed by atoms with E-state index in [4.69, 9.17) is 11.6 Å². The second-order valence-corrected chi connectivity index (χ2v) is 7.09. The van der Waals surface area contributed by atoms with Gasteiger partial charge in [0.25, 0.3) is 0 Å². The van der Waals surface area contributed by atoms with E-state index in [1.807, 2.05) is 0 Å². The lowest BCUT2D eigenvalue weighted by Crippen LogP contribution is -2.46. The zero-order valence-electron chi connectivity index (χ0n) is 9.65. The minimum absolute atomic E-state index is 0.294. The molecule has 94 valence electrons. The Labute approximate surface area is 102 Å². The third-order valence-electron chi connectivity index (χ3n) is 3.04. The number of sulfone groups is 1. The number of rotatable bonds is 3. The lowest BCUT2D eigenvalue weighted by Gasteiger charge is -2.33. The van der Waals surface area contributed by atoms with Crippen LogP contribution < -0.4 is 0 Å². The van der Waals surface area contributed by atoms with Crippen molar-refractivity contribution in [3.05, 3.63) is 0 Å². The van der Waals surface area contributed by atoms with E-state index < -0.39 is 15.1 Å². The molecule has 16 heavy (non-hydrogen) atoms. The molecule has 0 aromatic rings. The summed E-state index contributed by atoms with van der Waals surface area (Å²) in [6.07, 6.45) is 3.01. The molecule has 6 heteroatoms. The van der Waals surface area contributed by atoms with Crippen LogP contribution in [0.3, 0.4) is 0 Å². The fourth-order valence-electron chi connectivity index (χ4n) is 1.83. The zero-order valence-corrected chi connectivity index (χ0v) is 11.2. The Morgan fingerprint density at radius 3 is 2.69 bits per heavy atom. The van der Waals surface area contributed by atoms with Crippen LogP contribution in [0, 0.1) is 5.92 Å². The largest absolute Gasteiger partial charge is 0.341 e. The highest BCUT2D eigenvalue weighted by atomic mass is 35.5. The van der Waals surface area contributed by atoms with Crippen LogP contribution >= 0.6 is 11.6 Å². The molecule has 0 spiro atoms. The lowest BCUT2D eigenvalue weighted by molar-refractivity contribution is -0.132. The van der Waals surface area contributed by atoms with Crippen LogP contribution in [0.2, 0.25) is 0 Å². The zero-order chi connectivity index (χ0) is 12.3. The van der Waals surface area contributed by atoms with Gasteiger partial charge in [-0.05, 0) is 25.7 Å². The van der Waals surface area contributed by atoms with E-state index in [2.05, 4.69) is 0 Å². The number of carbonyl (C=O) groups excluding carboxylic acids is 1. The molecule has 2 unspecified atom stereocenters. The number of nitrogens with zero attached hydrogens (tertiary/aromatic N) is 1. The quantitative estimate of drug-likeness (QED) is 0.714. The first-order valence-corrected chi connectivity index (χ1v) is 7.88. The minimum atomic E-state index is -3.30. The van der Waals surface area contributed by atoms with E-state index in [1.54, 1.807) is 4.90 Å². The van der Waals surface area contributed by atoms with Crippen LogP contribution in [0.1, 0.15) is 19.8 Å². The van der Waals surface area contributed by atoms with Crippen molar-refractivity contribution in [3.8, 4) is 0 Å². The SMILES string of the molecule is CC(C(=O)N1CCCC(CCl)C1)S(C)(=O)=O. The number of hydrogen-bond acceptors (Lipinski definition) is 3. The Morgan fingerprint density at radius 2 is 2.19 bits per heavy atom. The molecule has 0 bridgehead atoms. The molecular weight excluding hydrogens is 250 g/mol. The molecular formula is C10H18ClNO3S. The van der Waals surface area contributed by atoms with Crippen molar-refractivity contribution in [1.82, 2.24) is 4.90 Å². The molecule has 0 radical (unpaired) electrons. The first-order chi connectivity index (χ1) is 7.36. The van der Waals surface area contributed by atoms with Gasteiger partial charge in [-0.1, -0.05) is 0 Å². The summed E-state index contributed by atoms with van der Waals surface area (Å²) in [5, 5.41) is -0.943. The topological polar surface area (TPSA) is 54.5 Å². The molecule has 0 aromatic carbocycles. The highest BCUT2D eigenvalue weighted by molar-refractivity contribution is 7.92. The Balaban J connectivity index is 2.67. The van der Waals surface area contributed by atoms with Crippen LogP contribution in [0.15, 0.2) is 0 Å². The van der Waals surface area contributed by atoms with Gasteiger partial charge in [0.2, 0.25) is 5.91 Å². The number of alkyl halides is 1. The van der Waals surface area contributed by atoms with Gasteiger partial charge in [0.15, 0.2) is 9.84 Å². The number of likely N-dealkylation sites (tertiary alicyclic amines) is 1. The van der Waals surface area contributed by atoms with E-state index in [-0.39, 0.29) is 5.91 Å². The van der Waals surface area contributed by atoms with Gasteiger partial charge in [-0.15, -0.1) is 11.6 Å². The number of halogens is 1. The normalized spacial score (nSPS) is 24.2. The van der Waals surface area contributed by atoms with Gasteiger partial charge in [-0.3, -0.25) is 4.79 Å².